The number of aromatic carboxylic acids is 1. The van der Waals surface area contributed by atoms with Crippen LogP contribution in [0.5, 0.6) is 11.5 Å². The van der Waals surface area contributed by atoms with Gasteiger partial charge in [0.15, 0.2) is 11.6 Å². The highest BCUT2D eigenvalue weighted by molar-refractivity contribution is 5.89. The molecule has 0 bridgehead atoms. The number of fused-ring (bicyclic) bond motifs is 1. The first-order chi connectivity index (χ1) is 15.8. The number of carboxylic acids is 1. The third-order valence-electron chi connectivity index (χ3n) is 6.07. The Labute approximate surface area is 189 Å². The number of ether oxygens (including phenoxy) is 2. The summed E-state index contributed by atoms with van der Waals surface area (Å²) >= 11 is 0. The molecule has 4 N–H and O–H groups in total. The molecular weight excluding hydrogens is 427 g/mol. The van der Waals surface area contributed by atoms with Crippen molar-refractivity contribution >= 4 is 17.5 Å². The van der Waals surface area contributed by atoms with Gasteiger partial charge in [0, 0.05) is 11.1 Å². The molecule has 5 rings (SSSR count). The Morgan fingerprint density at radius 2 is 2.12 bits per heavy atom. The summed E-state index contributed by atoms with van der Waals surface area (Å²) in [6.45, 7) is 1.77. The Morgan fingerprint density at radius 3 is 2.79 bits per heavy atom. The zero-order chi connectivity index (χ0) is 23.2. The second kappa shape index (κ2) is 7.91. The lowest BCUT2D eigenvalue weighted by molar-refractivity contribution is 0.0697. The largest absolute Gasteiger partial charge is 0.484 e. The van der Waals surface area contributed by atoms with Crippen molar-refractivity contribution in [2.75, 3.05) is 17.7 Å². The van der Waals surface area contributed by atoms with Gasteiger partial charge in [-0.05, 0) is 49.9 Å². The minimum atomic E-state index is -1.03. The normalized spacial score (nSPS) is 19.2. The van der Waals surface area contributed by atoms with Crippen LogP contribution >= 0.6 is 0 Å². The molecule has 170 valence electrons. The molecule has 2 heterocycles. The van der Waals surface area contributed by atoms with E-state index in [0.717, 1.165) is 24.8 Å². The summed E-state index contributed by atoms with van der Waals surface area (Å²) in [4.78, 5) is 19.5. The van der Waals surface area contributed by atoms with Crippen LogP contribution in [-0.2, 0) is 0 Å². The number of hydrogen-bond donors (Lipinski definition) is 3. The van der Waals surface area contributed by atoms with E-state index in [1.165, 1.54) is 24.5 Å². The Morgan fingerprint density at radius 1 is 1.30 bits per heavy atom. The van der Waals surface area contributed by atoms with Gasteiger partial charge >= 0.3 is 5.97 Å². The zero-order valence-electron chi connectivity index (χ0n) is 18.0. The molecule has 1 aliphatic carbocycles. The summed E-state index contributed by atoms with van der Waals surface area (Å²) in [5.74, 6) is -0.363. The number of aromatic nitrogens is 2. The van der Waals surface area contributed by atoms with Gasteiger partial charge in [-0.1, -0.05) is 12.5 Å². The number of nitrogen functional groups attached to an aromatic ring is 1. The summed E-state index contributed by atoms with van der Waals surface area (Å²) in [6, 6.07) is 8.16. The quantitative estimate of drug-likeness (QED) is 0.505. The molecule has 0 radical (unpaired) electrons. The van der Waals surface area contributed by atoms with Crippen LogP contribution in [0.25, 0.3) is 11.3 Å². The molecule has 0 saturated heterocycles. The van der Waals surface area contributed by atoms with E-state index in [1.807, 2.05) is 6.07 Å². The SMILES string of the molecule is CC1(COc2c(C3CCC3)ccc(-c3cnc(N)cn3)c2F)Nc2cc(C(=O)O)ccc2O1. The monoisotopic (exact) mass is 450 g/mol. The highest BCUT2D eigenvalue weighted by Crippen LogP contribution is 2.44. The number of nitrogens with one attached hydrogen (secondary N) is 1. The van der Waals surface area contributed by atoms with Gasteiger partial charge in [0.2, 0.25) is 5.72 Å². The van der Waals surface area contributed by atoms with Crippen molar-refractivity contribution in [2.24, 2.45) is 0 Å². The van der Waals surface area contributed by atoms with E-state index < -0.39 is 17.5 Å². The number of carbonyl (C=O) groups is 1. The van der Waals surface area contributed by atoms with Gasteiger partial charge in [-0.2, -0.15) is 0 Å². The lowest BCUT2D eigenvalue weighted by Crippen LogP contribution is -2.43. The third kappa shape index (κ3) is 3.90. The first-order valence-electron chi connectivity index (χ1n) is 10.7. The molecule has 8 nitrogen and oxygen atoms in total. The number of carboxylic acid groups (broad SMARTS) is 1. The minimum absolute atomic E-state index is 0.00239. The van der Waals surface area contributed by atoms with Gasteiger partial charge in [0.05, 0.1) is 29.3 Å². The summed E-state index contributed by atoms with van der Waals surface area (Å²) in [5.41, 5.74) is 6.76. The number of anilines is 2. The number of rotatable bonds is 6. The molecule has 0 spiro atoms. The predicted octanol–water partition coefficient (Wildman–Crippen LogP) is 4.43. The first kappa shape index (κ1) is 21.0. The minimum Gasteiger partial charge on any atom is -0.484 e. The van der Waals surface area contributed by atoms with Crippen molar-refractivity contribution in [2.45, 2.75) is 37.8 Å². The van der Waals surface area contributed by atoms with E-state index in [1.54, 1.807) is 19.1 Å². The molecule has 9 heteroatoms. The van der Waals surface area contributed by atoms with Crippen LogP contribution in [0.15, 0.2) is 42.7 Å². The molecule has 1 saturated carbocycles. The third-order valence-corrected chi connectivity index (χ3v) is 6.07. The number of nitrogens with zero attached hydrogens (tertiary/aromatic N) is 2. The molecule has 33 heavy (non-hydrogen) atoms. The number of benzene rings is 2. The van der Waals surface area contributed by atoms with Crippen molar-refractivity contribution in [3.8, 4) is 22.8 Å². The van der Waals surface area contributed by atoms with Crippen molar-refractivity contribution in [3.05, 3.63) is 59.7 Å². The van der Waals surface area contributed by atoms with Crippen LogP contribution < -0.4 is 20.5 Å². The number of hydrogen-bond acceptors (Lipinski definition) is 7. The molecule has 1 atom stereocenters. The molecule has 1 aromatic heterocycles. The van der Waals surface area contributed by atoms with Gasteiger partial charge in [-0.25, -0.2) is 14.2 Å². The highest BCUT2D eigenvalue weighted by Gasteiger charge is 2.37. The number of halogens is 1. The van der Waals surface area contributed by atoms with E-state index in [-0.39, 0.29) is 35.2 Å². The van der Waals surface area contributed by atoms with Crippen molar-refractivity contribution in [3.63, 3.8) is 0 Å². The van der Waals surface area contributed by atoms with Crippen LogP contribution in [0.1, 0.15) is 48.0 Å². The molecule has 1 unspecified atom stereocenters. The Hall–Kier alpha value is -3.88. The zero-order valence-corrected chi connectivity index (χ0v) is 18.0. The average molecular weight is 450 g/mol. The van der Waals surface area contributed by atoms with Gasteiger partial charge in [0.25, 0.3) is 0 Å². The highest BCUT2D eigenvalue weighted by atomic mass is 19.1. The molecule has 1 aliphatic heterocycles. The number of nitrogens with two attached hydrogens (primary N) is 1. The lowest BCUT2D eigenvalue weighted by atomic mass is 9.79. The van der Waals surface area contributed by atoms with Gasteiger partial charge in [0.1, 0.15) is 18.2 Å². The fourth-order valence-corrected chi connectivity index (χ4v) is 4.11. The smallest absolute Gasteiger partial charge is 0.335 e. The van der Waals surface area contributed by atoms with Crippen LogP contribution in [0, 0.1) is 5.82 Å². The van der Waals surface area contributed by atoms with E-state index in [2.05, 4.69) is 15.3 Å². The molecule has 2 aliphatic rings. The molecule has 3 aromatic rings. The second-order valence-electron chi connectivity index (χ2n) is 8.56. The van der Waals surface area contributed by atoms with E-state index in [9.17, 15) is 9.90 Å². The summed E-state index contributed by atoms with van der Waals surface area (Å²) in [6.07, 6.45) is 5.87. The van der Waals surface area contributed by atoms with Gasteiger partial charge in [-0.3, -0.25) is 4.98 Å². The van der Waals surface area contributed by atoms with Crippen molar-refractivity contribution in [1.82, 2.24) is 9.97 Å². The Balaban J connectivity index is 1.43. The van der Waals surface area contributed by atoms with Crippen LogP contribution in [0.2, 0.25) is 0 Å². The van der Waals surface area contributed by atoms with Crippen LogP contribution in [-0.4, -0.2) is 33.4 Å². The average Bonchev–Trinajstić information content (AvgIpc) is 3.08. The summed E-state index contributed by atoms with van der Waals surface area (Å²) in [7, 11) is 0. The van der Waals surface area contributed by atoms with E-state index in [0.29, 0.717) is 17.1 Å². The standard InChI is InChI=1S/C24H23FN4O4/c1-24(29-17-9-14(23(30)31)5-8-19(17)33-24)12-32-22-15(13-3-2-4-13)6-7-16(21(22)25)18-10-28-20(26)11-27-18/h5-11,13,29H,2-4,12H2,1H3,(H2,26,28)(H,30,31). The lowest BCUT2D eigenvalue weighted by Gasteiger charge is -2.30. The molecular formula is C24H23FN4O4. The molecule has 2 aromatic carbocycles. The summed E-state index contributed by atoms with van der Waals surface area (Å²) < 4.78 is 27.7. The van der Waals surface area contributed by atoms with E-state index >= 15 is 4.39 Å². The maximum absolute atomic E-state index is 15.7. The second-order valence-corrected chi connectivity index (χ2v) is 8.56. The van der Waals surface area contributed by atoms with Crippen LogP contribution in [0.3, 0.4) is 0 Å². The van der Waals surface area contributed by atoms with Crippen molar-refractivity contribution in [1.29, 1.82) is 0 Å². The van der Waals surface area contributed by atoms with Crippen molar-refractivity contribution < 1.29 is 23.8 Å². The Kier molecular flexibility index (Phi) is 5.03. The fourth-order valence-electron chi connectivity index (χ4n) is 4.11. The van der Waals surface area contributed by atoms with Gasteiger partial charge < -0.3 is 25.6 Å². The predicted molar refractivity (Wildman–Crippen MR) is 120 cm³/mol. The molecule has 1 fully saturated rings. The maximum Gasteiger partial charge on any atom is 0.335 e. The van der Waals surface area contributed by atoms with Gasteiger partial charge in [-0.15, -0.1) is 0 Å². The topological polar surface area (TPSA) is 120 Å². The summed E-state index contributed by atoms with van der Waals surface area (Å²) in [5, 5.41) is 12.4. The Bertz CT molecular complexity index is 1230. The van der Waals surface area contributed by atoms with E-state index in [4.69, 9.17) is 15.2 Å². The fraction of sp³-hybridized carbons (Fsp3) is 0.292. The molecule has 0 amide bonds. The van der Waals surface area contributed by atoms with Crippen LogP contribution in [0.4, 0.5) is 15.9 Å². The first-order valence-corrected chi connectivity index (χ1v) is 10.7. The maximum atomic E-state index is 15.7.